The Morgan fingerprint density at radius 2 is 1.75 bits per heavy atom. The highest BCUT2D eigenvalue weighted by Crippen LogP contribution is 2.35. The summed E-state index contributed by atoms with van der Waals surface area (Å²) in [4.78, 5) is 23.0. The van der Waals surface area contributed by atoms with E-state index in [9.17, 15) is 23.5 Å². The molecule has 0 saturated carbocycles. The Morgan fingerprint density at radius 1 is 1.03 bits per heavy atom. The third kappa shape index (κ3) is 4.04. The monoisotopic (exact) mass is 440 g/mol. The fourth-order valence-corrected chi connectivity index (χ4v) is 3.75. The predicted octanol–water partition coefficient (Wildman–Crippen LogP) is 5.03. The van der Waals surface area contributed by atoms with E-state index in [1.807, 2.05) is 6.07 Å². The molecule has 0 atom stereocenters. The molecule has 164 valence electrons. The van der Waals surface area contributed by atoms with E-state index >= 15 is 0 Å². The molecule has 0 aliphatic rings. The normalized spacial score (nSPS) is 11.0. The van der Waals surface area contributed by atoms with Crippen LogP contribution in [0.2, 0.25) is 0 Å². The number of nitrogens with zero attached hydrogens (tertiary/aromatic N) is 1. The van der Waals surface area contributed by atoms with Crippen molar-refractivity contribution in [3.63, 3.8) is 0 Å². The molecule has 7 nitrogen and oxygen atoms in total. The zero-order valence-electron chi connectivity index (χ0n) is 16.9. The van der Waals surface area contributed by atoms with Gasteiger partial charge in [0.05, 0.1) is 25.7 Å². The molecule has 4 aromatic rings. The van der Waals surface area contributed by atoms with Crippen LogP contribution in [0.15, 0.2) is 54.6 Å². The van der Waals surface area contributed by atoms with Crippen molar-refractivity contribution in [1.29, 1.82) is 0 Å². The van der Waals surface area contributed by atoms with E-state index in [2.05, 4.69) is 10.1 Å². The van der Waals surface area contributed by atoms with Crippen LogP contribution in [0, 0.1) is 11.6 Å². The Morgan fingerprint density at radius 3 is 2.47 bits per heavy atom. The molecule has 0 spiro atoms. The summed E-state index contributed by atoms with van der Waals surface area (Å²) in [6.45, 7) is -0.0455. The number of halogens is 2. The van der Waals surface area contributed by atoms with Crippen molar-refractivity contribution in [3.05, 3.63) is 77.4 Å². The number of fused-ring (bicyclic) bond motifs is 2. The van der Waals surface area contributed by atoms with E-state index in [0.29, 0.717) is 21.9 Å². The van der Waals surface area contributed by atoms with E-state index in [0.717, 1.165) is 5.39 Å². The maximum absolute atomic E-state index is 14.0. The number of carboxylic acid groups (broad SMARTS) is 1. The zero-order chi connectivity index (χ0) is 22.8. The first-order valence-electron chi connectivity index (χ1n) is 9.57. The van der Waals surface area contributed by atoms with Crippen LogP contribution < -0.4 is 10.1 Å². The molecular weight excluding hydrogens is 422 g/mol. The lowest BCUT2D eigenvalue weighted by Gasteiger charge is -2.13. The number of carbonyl (C=O) groups is 2. The fourth-order valence-electron chi connectivity index (χ4n) is 3.75. The first-order chi connectivity index (χ1) is 15.4. The SMILES string of the molecule is COC(=O)NCc1c(OC(=O)O)n(Cc2cccc3ccc(F)cc23)c2ccc(F)cc12. The number of alkyl carbamates (subject to hydrolysis) is 1. The van der Waals surface area contributed by atoms with Gasteiger partial charge >= 0.3 is 12.2 Å². The van der Waals surface area contributed by atoms with Crippen LogP contribution >= 0.6 is 0 Å². The summed E-state index contributed by atoms with van der Waals surface area (Å²) in [6.07, 6.45) is -2.31. The van der Waals surface area contributed by atoms with Gasteiger partial charge < -0.3 is 24.5 Å². The van der Waals surface area contributed by atoms with Gasteiger partial charge in [-0.2, -0.15) is 0 Å². The van der Waals surface area contributed by atoms with E-state index in [-0.39, 0.29) is 24.5 Å². The van der Waals surface area contributed by atoms with Crippen LogP contribution in [-0.2, 0) is 17.8 Å². The van der Waals surface area contributed by atoms with Crippen LogP contribution in [-0.4, -0.2) is 29.0 Å². The number of ether oxygens (including phenoxy) is 2. The number of amides is 1. The molecule has 0 aliphatic carbocycles. The third-order valence-corrected chi connectivity index (χ3v) is 5.12. The number of nitrogens with one attached hydrogen (secondary N) is 1. The van der Waals surface area contributed by atoms with Crippen molar-refractivity contribution in [2.75, 3.05) is 7.11 Å². The van der Waals surface area contributed by atoms with Crippen molar-refractivity contribution >= 4 is 33.9 Å². The number of benzene rings is 3. The molecule has 0 radical (unpaired) electrons. The van der Waals surface area contributed by atoms with Gasteiger partial charge in [-0.05, 0) is 46.7 Å². The minimum absolute atomic E-state index is 0.0806. The van der Waals surface area contributed by atoms with E-state index in [4.69, 9.17) is 4.74 Å². The summed E-state index contributed by atoms with van der Waals surface area (Å²) in [6, 6.07) is 13.8. The lowest BCUT2D eigenvalue weighted by molar-refractivity contribution is 0.140. The number of rotatable bonds is 5. The minimum atomic E-state index is -1.57. The third-order valence-electron chi connectivity index (χ3n) is 5.12. The average molecular weight is 440 g/mol. The Balaban J connectivity index is 1.91. The standard InChI is InChI=1S/C23H18F2N2O5/c1-31-22(28)26-11-19-18-10-16(25)7-8-20(18)27(21(19)32-23(29)30)12-14-4-2-3-13-5-6-15(24)9-17(13)14/h2-10H,11-12H2,1H3,(H,26,28)(H,29,30). The molecule has 0 aliphatic heterocycles. The van der Waals surface area contributed by atoms with E-state index < -0.39 is 23.9 Å². The molecule has 0 fully saturated rings. The summed E-state index contributed by atoms with van der Waals surface area (Å²) in [7, 11) is 1.19. The second-order valence-electron chi connectivity index (χ2n) is 7.03. The second kappa shape index (κ2) is 8.54. The van der Waals surface area contributed by atoms with Gasteiger partial charge in [-0.1, -0.05) is 24.3 Å². The highest BCUT2D eigenvalue weighted by Gasteiger charge is 2.23. The molecule has 0 bridgehead atoms. The van der Waals surface area contributed by atoms with Gasteiger partial charge in [-0.25, -0.2) is 18.4 Å². The number of hydrogen-bond donors (Lipinski definition) is 2. The molecule has 1 aromatic heterocycles. The van der Waals surface area contributed by atoms with Crippen LogP contribution in [0.1, 0.15) is 11.1 Å². The minimum Gasteiger partial charge on any atom is -0.453 e. The first-order valence-corrected chi connectivity index (χ1v) is 9.57. The second-order valence-corrected chi connectivity index (χ2v) is 7.03. The number of methoxy groups -OCH3 is 1. The lowest BCUT2D eigenvalue weighted by Crippen LogP contribution is -2.23. The molecule has 0 unspecified atom stereocenters. The van der Waals surface area contributed by atoms with Gasteiger partial charge in [0, 0.05) is 10.9 Å². The highest BCUT2D eigenvalue weighted by molar-refractivity contribution is 5.89. The zero-order valence-corrected chi connectivity index (χ0v) is 16.9. The quantitative estimate of drug-likeness (QED) is 0.425. The van der Waals surface area contributed by atoms with Crippen molar-refractivity contribution in [1.82, 2.24) is 9.88 Å². The van der Waals surface area contributed by atoms with Crippen molar-refractivity contribution in [3.8, 4) is 5.88 Å². The summed E-state index contributed by atoms with van der Waals surface area (Å²) in [5, 5.41) is 13.6. The molecular formula is C23H18F2N2O5. The van der Waals surface area contributed by atoms with Crippen LogP contribution in [0.3, 0.4) is 0 Å². The Kier molecular flexibility index (Phi) is 5.63. The van der Waals surface area contributed by atoms with Crippen molar-refractivity contribution in [2.24, 2.45) is 0 Å². The van der Waals surface area contributed by atoms with Crippen molar-refractivity contribution < 1.29 is 33.0 Å². The Bertz CT molecular complexity index is 1350. The number of aromatic nitrogens is 1. The molecule has 2 N–H and O–H groups in total. The summed E-state index contributed by atoms with van der Waals surface area (Å²) < 4.78 is 39.1. The molecule has 9 heteroatoms. The van der Waals surface area contributed by atoms with Crippen LogP contribution in [0.5, 0.6) is 5.88 Å². The van der Waals surface area contributed by atoms with Crippen LogP contribution in [0.4, 0.5) is 18.4 Å². The first kappa shape index (κ1) is 21.1. The number of carbonyl (C=O) groups excluding carboxylic acids is 1. The molecule has 1 amide bonds. The predicted molar refractivity (Wildman–Crippen MR) is 113 cm³/mol. The van der Waals surface area contributed by atoms with Gasteiger partial charge in [-0.3, -0.25) is 0 Å². The summed E-state index contributed by atoms with van der Waals surface area (Å²) in [5.41, 5.74) is 1.45. The van der Waals surface area contributed by atoms with E-state index in [1.54, 1.807) is 22.8 Å². The van der Waals surface area contributed by atoms with Gasteiger partial charge in [0.2, 0.25) is 5.88 Å². The molecule has 0 saturated heterocycles. The van der Waals surface area contributed by atoms with Crippen LogP contribution in [0.25, 0.3) is 21.7 Å². The summed E-state index contributed by atoms with van der Waals surface area (Å²) >= 11 is 0. The fraction of sp³-hybridized carbons (Fsp3) is 0.130. The average Bonchev–Trinajstić information content (AvgIpc) is 3.03. The smallest absolute Gasteiger partial charge is 0.453 e. The lowest BCUT2D eigenvalue weighted by atomic mass is 10.0. The van der Waals surface area contributed by atoms with Gasteiger partial charge in [0.15, 0.2) is 0 Å². The summed E-state index contributed by atoms with van der Waals surface area (Å²) in [5.74, 6) is -1.03. The van der Waals surface area contributed by atoms with Gasteiger partial charge in [0.1, 0.15) is 11.6 Å². The Labute approximate surface area is 180 Å². The maximum atomic E-state index is 14.0. The molecule has 1 heterocycles. The highest BCUT2D eigenvalue weighted by atomic mass is 19.1. The van der Waals surface area contributed by atoms with Gasteiger partial charge in [-0.15, -0.1) is 0 Å². The maximum Gasteiger partial charge on any atom is 0.512 e. The molecule has 32 heavy (non-hydrogen) atoms. The number of hydrogen-bond acceptors (Lipinski definition) is 4. The molecule has 3 aromatic carbocycles. The van der Waals surface area contributed by atoms with E-state index in [1.165, 1.54) is 37.4 Å². The molecule has 4 rings (SSSR count). The largest absolute Gasteiger partial charge is 0.512 e. The topological polar surface area (TPSA) is 89.8 Å². The van der Waals surface area contributed by atoms with Gasteiger partial charge in [0.25, 0.3) is 0 Å². The Hall–Kier alpha value is -4.14. The van der Waals surface area contributed by atoms with Crippen molar-refractivity contribution in [2.45, 2.75) is 13.1 Å².